The van der Waals surface area contributed by atoms with Gasteiger partial charge >= 0.3 is 0 Å². The summed E-state index contributed by atoms with van der Waals surface area (Å²) in [5, 5.41) is 21.4. The standard InChI is InChI=1S/C22H20F2N8O3/c1-31-9-7-22(34,20(31)33)17-10-15(30-35-17)13-5-3-4-12(27-13)14-6-8-25-21(28-14)29-16-11-26-32(2)18(16)19(23)24/h3-6,8,10-11,19,34H,7,9H2,1-2H3,(H,25,28,29). The molecule has 0 radical (unpaired) electrons. The van der Waals surface area contributed by atoms with E-state index in [9.17, 15) is 18.7 Å². The molecule has 5 heterocycles. The lowest BCUT2D eigenvalue weighted by atomic mass is 9.98. The van der Waals surface area contributed by atoms with Gasteiger partial charge in [-0.25, -0.2) is 23.7 Å². The van der Waals surface area contributed by atoms with Gasteiger partial charge in [-0.2, -0.15) is 5.10 Å². The number of likely N-dealkylation sites (tertiary alicyclic amines) is 1. The molecule has 1 aliphatic rings. The van der Waals surface area contributed by atoms with Gasteiger partial charge in [0, 0.05) is 39.3 Å². The minimum Gasteiger partial charge on any atom is -0.373 e. The highest BCUT2D eigenvalue weighted by molar-refractivity contribution is 5.87. The fourth-order valence-electron chi connectivity index (χ4n) is 3.88. The van der Waals surface area contributed by atoms with Gasteiger partial charge in [0.05, 0.1) is 29.0 Å². The van der Waals surface area contributed by atoms with Crippen molar-refractivity contribution < 1.29 is 23.2 Å². The maximum atomic E-state index is 13.3. The molecule has 1 atom stereocenters. The first-order valence-electron chi connectivity index (χ1n) is 10.6. The highest BCUT2D eigenvalue weighted by Gasteiger charge is 2.48. The van der Waals surface area contributed by atoms with E-state index in [1.807, 2.05) is 0 Å². The highest BCUT2D eigenvalue weighted by atomic mass is 19.3. The summed E-state index contributed by atoms with van der Waals surface area (Å²) in [6.45, 7) is 0.404. The van der Waals surface area contributed by atoms with Crippen LogP contribution in [0.25, 0.3) is 22.8 Å². The largest absolute Gasteiger partial charge is 0.373 e. The van der Waals surface area contributed by atoms with Crippen LogP contribution in [-0.2, 0) is 17.4 Å². The summed E-state index contributed by atoms with van der Waals surface area (Å²) in [5.74, 6) is -0.306. The van der Waals surface area contributed by atoms with Crippen molar-refractivity contribution in [2.24, 2.45) is 7.05 Å². The number of halogens is 2. The van der Waals surface area contributed by atoms with Crippen molar-refractivity contribution in [3.05, 3.63) is 54.2 Å². The normalized spacial score (nSPS) is 18.0. The van der Waals surface area contributed by atoms with Crippen LogP contribution in [0.15, 0.2) is 47.2 Å². The summed E-state index contributed by atoms with van der Waals surface area (Å²) < 4.78 is 33.1. The van der Waals surface area contributed by atoms with Crippen molar-refractivity contribution in [1.82, 2.24) is 34.8 Å². The smallest absolute Gasteiger partial charge is 0.282 e. The second-order valence-electron chi connectivity index (χ2n) is 8.08. The number of hydrogen-bond acceptors (Lipinski definition) is 9. The zero-order valence-electron chi connectivity index (χ0n) is 18.7. The number of nitrogens with zero attached hydrogens (tertiary/aromatic N) is 7. The Bertz CT molecular complexity index is 1400. The Labute approximate surface area is 197 Å². The number of aliphatic hydroxyl groups is 1. The molecule has 0 aromatic carbocycles. The van der Waals surface area contributed by atoms with E-state index in [-0.39, 0.29) is 29.5 Å². The number of carbonyl (C=O) groups excluding carboxylic acids is 1. The number of likely N-dealkylation sites (N-methyl/N-ethyl adjacent to an activating group) is 1. The molecular weight excluding hydrogens is 462 g/mol. The highest BCUT2D eigenvalue weighted by Crippen LogP contribution is 2.35. The Morgan fingerprint density at radius 2 is 1.89 bits per heavy atom. The van der Waals surface area contributed by atoms with Gasteiger partial charge in [0.15, 0.2) is 5.76 Å². The first kappa shape index (κ1) is 22.5. The van der Waals surface area contributed by atoms with E-state index in [0.29, 0.717) is 29.3 Å². The van der Waals surface area contributed by atoms with E-state index in [2.05, 4.69) is 30.5 Å². The SMILES string of the molecule is CN1CCC(O)(c2cc(-c3cccc(-c4ccnc(Nc5cnn(C)c5C(F)F)n4)n3)no2)C1=O. The predicted octanol–water partition coefficient (Wildman–Crippen LogP) is 2.66. The number of rotatable bonds is 6. The number of pyridine rings is 1. The van der Waals surface area contributed by atoms with Crippen LogP contribution in [0.5, 0.6) is 0 Å². The zero-order valence-corrected chi connectivity index (χ0v) is 18.7. The number of amides is 1. The van der Waals surface area contributed by atoms with Gasteiger partial charge in [-0.3, -0.25) is 9.48 Å². The number of hydrogen-bond donors (Lipinski definition) is 2. The molecule has 4 aromatic rings. The molecule has 0 saturated carbocycles. The molecule has 35 heavy (non-hydrogen) atoms. The Hall–Kier alpha value is -4.26. The summed E-state index contributed by atoms with van der Waals surface area (Å²) in [6, 6.07) is 8.26. The molecule has 11 nitrogen and oxygen atoms in total. The summed E-state index contributed by atoms with van der Waals surface area (Å²) in [5.41, 5.74) is -0.276. The average molecular weight is 482 g/mol. The minimum absolute atomic E-state index is 0.0499. The minimum atomic E-state index is -2.73. The van der Waals surface area contributed by atoms with Gasteiger partial charge in [0.1, 0.15) is 11.4 Å². The summed E-state index contributed by atoms with van der Waals surface area (Å²) in [7, 11) is 3.03. The van der Waals surface area contributed by atoms with Crippen LogP contribution in [0.3, 0.4) is 0 Å². The Kier molecular flexibility index (Phi) is 5.47. The molecular formula is C22H20F2N8O3. The van der Waals surface area contributed by atoms with E-state index in [1.54, 1.807) is 31.3 Å². The molecule has 0 bridgehead atoms. The van der Waals surface area contributed by atoms with Crippen LogP contribution in [0.4, 0.5) is 20.4 Å². The van der Waals surface area contributed by atoms with Gasteiger partial charge < -0.3 is 19.8 Å². The Morgan fingerprint density at radius 3 is 2.60 bits per heavy atom. The first-order chi connectivity index (χ1) is 16.8. The van der Waals surface area contributed by atoms with E-state index in [4.69, 9.17) is 4.52 Å². The summed E-state index contributed by atoms with van der Waals surface area (Å²) >= 11 is 0. The molecule has 1 fully saturated rings. The van der Waals surface area contributed by atoms with Crippen LogP contribution < -0.4 is 5.32 Å². The summed E-state index contributed by atoms with van der Waals surface area (Å²) in [6.07, 6.45) is 0.227. The van der Waals surface area contributed by atoms with Crippen molar-refractivity contribution >= 4 is 17.5 Å². The fraction of sp³-hybridized carbons (Fsp3) is 0.273. The molecule has 1 unspecified atom stereocenters. The van der Waals surface area contributed by atoms with Crippen LogP contribution in [0.2, 0.25) is 0 Å². The van der Waals surface area contributed by atoms with Crippen LogP contribution in [0.1, 0.15) is 24.3 Å². The topological polar surface area (TPSA) is 135 Å². The number of alkyl halides is 2. The molecule has 13 heteroatoms. The van der Waals surface area contributed by atoms with Crippen molar-refractivity contribution in [3.63, 3.8) is 0 Å². The molecule has 2 N–H and O–H groups in total. The van der Waals surface area contributed by atoms with Gasteiger partial charge in [-0.15, -0.1) is 0 Å². The third-order valence-electron chi connectivity index (χ3n) is 5.79. The zero-order chi connectivity index (χ0) is 24.7. The van der Waals surface area contributed by atoms with Crippen LogP contribution in [0, 0.1) is 0 Å². The number of anilines is 2. The number of nitrogens with one attached hydrogen (secondary N) is 1. The predicted molar refractivity (Wildman–Crippen MR) is 118 cm³/mol. The second-order valence-corrected chi connectivity index (χ2v) is 8.08. The van der Waals surface area contributed by atoms with Gasteiger partial charge in [0.25, 0.3) is 12.3 Å². The Morgan fingerprint density at radius 1 is 1.14 bits per heavy atom. The lowest BCUT2D eigenvalue weighted by molar-refractivity contribution is -0.144. The maximum absolute atomic E-state index is 13.3. The number of aryl methyl sites for hydroxylation is 1. The average Bonchev–Trinajstić information content (AvgIpc) is 3.55. The molecule has 0 aliphatic carbocycles. The lowest BCUT2D eigenvalue weighted by Gasteiger charge is -2.16. The van der Waals surface area contributed by atoms with E-state index < -0.39 is 17.9 Å². The van der Waals surface area contributed by atoms with Crippen LogP contribution in [-0.4, -0.2) is 59.4 Å². The molecule has 1 aliphatic heterocycles. The summed E-state index contributed by atoms with van der Waals surface area (Å²) in [4.78, 5) is 26.8. The third-order valence-corrected chi connectivity index (χ3v) is 5.79. The van der Waals surface area contributed by atoms with Gasteiger partial charge in [0.2, 0.25) is 11.5 Å². The molecule has 4 aromatic heterocycles. The van der Waals surface area contributed by atoms with Gasteiger partial charge in [-0.1, -0.05) is 11.2 Å². The van der Waals surface area contributed by atoms with E-state index in [1.165, 1.54) is 30.4 Å². The quantitative estimate of drug-likeness (QED) is 0.425. The third kappa shape index (κ3) is 3.99. The lowest BCUT2D eigenvalue weighted by Crippen LogP contribution is -2.35. The second kappa shape index (κ2) is 8.51. The number of aromatic nitrogens is 6. The number of carbonyl (C=O) groups is 1. The molecule has 0 spiro atoms. The van der Waals surface area contributed by atoms with E-state index in [0.717, 1.165) is 4.68 Å². The molecule has 1 amide bonds. The Balaban J connectivity index is 1.42. The maximum Gasteiger partial charge on any atom is 0.282 e. The van der Waals surface area contributed by atoms with Crippen LogP contribution >= 0.6 is 0 Å². The monoisotopic (exact) mass is 482 g/mol. The van der Waals surface area contributed by atoms with Crippen molar-refractivity contribution in [2.75, 3.05) is 18.9 Å². The first-order valence-corrected chi connectivity index (χ1v) is 10.6. The van der Waals surface area contributed by atoms with Crippen molar-refractivity contribution in [1.29, 1.82) is 0 Å². The van der Waals surface area contributed by atoms with Crippen molar-refractivity contribution in [3.8, 4) is 22.8 Å². The fourth-order valence-corrected chi connectivity index (χ4v) is 3.88. The van der Waals surface area contributed by atoms with Gasteiger partial charge in [-0.05, 0) is 18.2 Å². The molecule has 5 rings (SSSR count). The molecule has 1 saturated heterocycles. The van der Waals surface area contributed by atoms with E-state index >= 15 is 0 Å². The van der Waals surface area contributed by atoms with Crippen molar-refractivity contribution in [2.45, 2.75) is 18.4 Å². The molecule has 180 valence electrons.